The molecule has 0 N–H and O–H groups in total. The summed E-state index contributed by atoms with van der Waals surface area (Å²) in [5, 5.41) is 3.16. The Balaban J connectivity index is 1.83. The van der Waals surface area contributed by atoms with Crippen molar-refractivity contribution in [2.75, 3.05) is 33.4 Å². The summed E-state index contributed by atoms with van der Waals surface area (Å²) >= 11 is 14.4. The Morgan fingerprint density at radius 3 is 2.73 bits per heavy atom. The number of fused-ring (bicyclic) bond motifs is 1. The van der Waals surface area contributed by atoms with E-state index >= 15 is 0 Å². The number of ether oxygens (including phenoxy) is 1. The van der Waals surface area contributed by atoms with Crippen LogP contribution in [0.2, 0.25) is 10.0 Å². The number of nitrogens with zero attached hydrogens (tertiary/aromatic N) is 2. The van der Waals surface area contributed by atoms with Gasteiger partial charge in [-0.1, -0.05) is 49.0 Å². The van der Waals surface area contributed by atoms with Crippen LogP contribution in [0.15, 0.2) is 29.6 Å². The minimum absolute atomic E-state index is 0.0298. The van der Waals surface area contributed by atoms with Gasteiger partial charge in [-0.3, -0.25) is 9.59 Å². The van der Waals surface area contributed by atoms with Crippen LogP contribution in [0.1, 0.15) is 61.1 Å². The van der Waals surface area contributed by atoms with Crippen LogP contribution in [0, 0.1) is 0 Å². The maximum Gasteiger partial charge on any atom is 0.242 e. The van der Waals surface area contributed by atoms with Crippen LogP contribution in [0.3, 0.4) is 0 Å². The quantitative estimate of drug-likeness (QED) is 0.349. The first kappa shape index (κ1) is 26.0. The minimum atomic E-state index is -0.284. The molecular formula is C25H32Cl2N2O3S. The van der Waals surface area contributed by atoms with Crippen LogP contribution in [0.25, 0.3) is 0 Å². The van der Waals surface area contributed by atoms with E-state index in [1.165, 1.54) is 4.88 Å². The topological polar surface area (TPSA) is 49.9 Å². The number of methoxy groups -OCH3 is 1. The van der Waals surface area contributed by atoms with Crippen molar-refractivity contribution in [2.24, 2.45) is 0 Å². The van der Waals surface area contributed by atoms with Crippen LogP contribution in [0.5, 0.6) is 0 Å². The van der Waals surface area contributed by atoms with E-state index in [1.54, 1.807) is 35.5 Å². The number of halogens is 2. The molecular weight excluding hydrogens is 479 g/mol. The lowest BCUT2D eigenvalue weighted by Crippen LogP contribution is -2.47. The molecule has 0 fully saturated rings. The highest BCUT2D eigenvalue weighted by Gasteiger charge is 2.35. The van der Waals surface area contributed by atoms with Crippen LogP contribution in [-0.4, -0.2) is 55.0 Å². The number of carbonyl (C=O) groups is 2. The molecule has 33 heavy (non-hydrogen) atoms. The number of thiophene rings is 1. The third-order valence-corrected chi connectivity index (χ3v) is 7.55. The average Bonchev–Trinajstić information content (AvgIpc) is 3.27. The largest absolute Gasteiger partial charge is 0.385 e. The Hall–Kier alpha value is -1.60. The van der Waals surface area contributed by atoms with E-state index in [9.17, 15) is 9.59 Å². The molecule has 2 aromatic rings. The Morgan fingerprint density at radius 1 is 1.18 bits per heavy atom. The number of hydrogen-bond donors (Lipinski definition) is 0. The minimum Gasteiger partial charge on any atom is -0.385 e. The Labute approximate surface area is 210 Å². The van der Waals surface area contributed by atoms with Crippen molar-refractivity contribution in [1.82, 2.24) is 9.80 Å². The van der Waals surface area contributed by atoms with Gasteiger partial charge in [0.1, 0.15) is 0 Å². The van der Waals surface area contributed by atoms with Crippen molar-refractivity contribution in [2.45, 2.75) is 51.5 Å². The van der Waals surface area contributed by atoms with Crippen molar-refractivity contribution in [3.05, 3.63) is 55.7 Å². The zero-order chi connectivity index (χ0) is 23.8. The lowest BCUT2D eigenvalue weighted by molar-refractivity contribution is -0.142. The van der Waals surface area contributed by atoms with Gasteiger partial charge in [0, 0.05) is 48.1 Å². The van der Waals surface area contributed by atoms with Gasteiger partial charge in [-0.25, -0.2) is 0 Å². The molecule has 0 bridgehead atoms. The van der Waals surface area contributed by atoms with E-state index < -0.39 is 0 Å². The predicted molar refractivity (Wildman–Crippen MR) is 135 cm³/mol. The second kappa shape index (κ2) is 12.7. The molecule has 2 amide bonds. The number of rotatable bonds is 11. The highest BCUT2D eigenvalue weighted by atomic mass is 35.5. The van der Waals surface area contributed by atoms with Crippen LogP contribution in [-0.2, 0) is 20.7 Å². The molecule has 3 rings (SSSR count). The molecule has 1 unspecified atom stereocenters. The van der Waals surface area contributed by atoms with Crippen molar-refractivity contribution in [3.8, 4) is 0 Å². The molecule has 2 heterocycles. The van der Waals surface area contributed by atoms with E-state index in [-0.39, 0.29) is 24.4 Å². The van der Waals surface area contributed by atoms with E-state index in [0.717, 1.165) is 36.8 Å². The summed E-state index contributed by atoms with van der Waals surface area (Å²) in [5.41, 5.74) is 1.96. The zero-order valence-corrected chi connectivity index (χ0v) is 21.6. The molecule has 0 saturated heterocycles. The lowest BCUT2D eigenvalue weighted by atomic mass is 9.93. The monoisotopic (exact) mass is 510 g/mol. The van der Waals surface area contributed by atoms with Crippen LogP contribution < -0.4 is 0 Å². The first-order valence-electron chi connectivity index (χ1n) is 11.5. The molecule has 1 atom stereocenters. The Bertz CT molecular complexity index is 949. The van der Waals surface area contributed by atoms with Gasteiger partial charge in [-0.05, 0) is 54.0 Å². The highest BCUT2D eigenvalue weighted by Crippen LogP contribution is 2.41. The average molecular weight is 512 g/mol. The molecule has 1 aromatic carbocycles. The molecule has 0 radical (unpaired) electrons. The number of amides is 2. The summed E-state index contributed by atoms with van der Waals surface area (Å²) in [6.07, 6.45) is 4.87. The summed E-state index contributed by atoms with van der Waals surface area (Å²) in [4.78, 5) is 31.3. The summed E-state index contributed by atoms with van der Waals surface area (Å²) in [5.74, 6) is -0.0358. The SMILES string of the molecule is CCCCCC(=O)N(CCCOC)CC(=O)N1CCc2sccc2C1c1ccc(Cl)cc1Cl. The van der Waals surface area contributed by atoms with Gasteiger partial charge in [0.15, 0.2) is 0 Å². The fourth-order valence-electron chi connectivity index (χ4n) is 4.27. The second-order valence-corrected chi connectivity index (χ2v) is 10.2. The maximum atomic E-state index is 13.6. The summed E-state index contributed by atoms with van der Waals surface area (Å²) in [7, 11) is 1.64. The number of carbonyl (C=O) groups excluding carboxylic acids is 2. The molecule has 0 saturated carbocycles. The molecule has 1 aliphatic heterocycles. The Morgan fingerprint density at radius 2 is 2.00 bits per heavy atom. The molecule has 0 spiro atoms. The normalized spacial score (nSPS) is 15.4. The lowest BCUT2D eigenvalue weighted by Gasteiger charge is -2.38. The van der Waals surface area contributed by atoms with Gasteiger partial charge >= 0.3 is 0 Å². The van der Waals surface area contributed by atoms with Crippen LogP contribution >= 0.6 is 34.5 Å². The van der Waals surface area contributed by atoms with E-state index in [4.69, 9.17) is 27.9 Å². The molecule has 0 aliphatic carbocycles. The van der Waals surface area contributed by atoms with E-state index in [1.807, 2.05) is 11.0 Å². The first-order valence-corrected chi connectivity index (χ1v) is 13.2. The zero-order valence-electron chi connectivity index (χ0n) is 19.3. The standard InChI is InChI=1S/C25H32Cl2N2O3S/c1-3-4-5-7-23(30)28(12-6-14-32-2)17-24(31)29-13-10-22-20(11-15-33-22)25(29)19-9-8-18(26)16-21(19)27/h8-9,11,15-16,25H,3-7,10,12-14,17H2,1-2H3. The first-order chi connectivity index (χ1) is 16.0. The third-order valence-electron chi connectivity index (χ3n) is 5.99. The number of unbranched alkanes of at least 4 members (excludes halogenated alkanes) is 2. The summed E-state index contributed by atoms with van der Waals surface area (Å²) in [6, 6.07) is 7.21. The fourth-order valence-corrected chi connectivity index (χ4v) is 5.69. The van der Waals surface area contributed by atoms with Crippen molar-refractivity contribution in [3.63, 3.8) is 0 Å². The fraction of sp³-hybridized carbons (Fsp3) is 0.520. The molecule has 1 aromatic heterocycles. The molecule has 1 aliphatic rings. The Kier molecular flexibility index (Phi) is 10.0. The highest BCUT2D eigenvalue weighted by molar-refractivity contribution is 7.10. The third kappa shape index (κ3) is 6.72. The summed E-state index contributed by atoms with van der Waals surface area (Å²) in [6.45, 7) is 3.83. The number of benzene rings is 1. The van der Waals surface area contributed by atoms with Gasteiger partial charge in [0.25, 0.3) is 0 Å². The smallest absolute Gasteiger partial charge is 0.242 e. The molecule has 180 valence electrons. The molecule has 8 heteroatoms. The summed E-state index contributed by atoms with van der Waals surface area (Å²) < 4.78 is 5.16. The predicted octanol–water partition coefficient (Wildman–Crippen LogP) is 5.97. The van der Waals surface area contributed by atoms with Gasteiger partial charge in [-0.2, -0.15) is 0 Å². The van der Waals surface area contributed by atoms with Crippen molar-refractivity contribution >= 4 is 46.4 Å². The van der Waals surface area contributed by atoms with Gasteiger partial charge in [0.2, 0.25) is 11.8 Å². The van der Waals surface area contributed by atoms with E-state index in [0.29, 0.717) is 42.6 Å². The van der Waals surface area contributed by atoms with Crippen LogP contribution in [0.4, 0.5) is 0 Å². The second-order valence-electron chi connectivity index (χ2n) is 8.32. The number of hydrogen-bond acceptors (Lipinski definition) is 4. The molecule has 5 nitrogen and oxygen atoms in total. The van der Waals surface area contributed by atoms with Gasteiger partial charge in [0.05, 0.1) is 12.6 Å². The van der Waals surface area contributed by atoms with Gasteiger partial charge < -0.3 is 14.5 Å². The van der Waals surface area contributed by atoms with Crippen molar-refractivity contribution in [1.29, 1.82) is 0 Å². The van der Waals surface area contributed by atoms with Gasteiger partial charge in [-0.15, -0.1) is 11.3 Å². The van der Waals surface area contributed by atoms with Crippen molar-refractivity contribution < 1.29 is 14.3 Å². The maximum absolute atomic E-state index is 13.6. The van der Waals surface area contributed by atoms with E-state index in [2.05, 4.69) is 18.4 Å².